The van der Waals surface area contributed by atoms with E-state index in [1.165, 1.54) is 0 Å². The smallest absolute Gasteiger partial charge is 0.244 e. The van der Waals surface area contributed by atoms with Gasteiger partial charge in [0.2, 0.25) is 11.8 Å². The summed E-state index contributed by atoms with van der Waals surface area (Å²) < 4.78 is 23.7. The third kappa shape index (κ3) is 4.98. The molecule has 1 aromatic carbocycles. The fourth-order valence-electron chi connectivity index (χ4n) is 4.21. The van der Waals surface area contributed by atoms with Crippen molar-refractivity contribution in [2.75, 3.05) is 37.7 Å². The van der Waals surface area contributed by atoms with Crippen LogP contribution in [-0.2, 0) is 19.4 Å². The number of benzene rings is 1. The molecule has 0 aromatic heterocycles. The van der Waals surface area contributed by atoms with Crippen LogP contribution in [0.4, 0.5) is 0 Å². The summed E-state index contributed by atoms with van der Waals surface area (Å²) in [5, 5.41) is 3.07. The van der Waals surface area contributed by atoms with Gasteiger partial charge in [-0.1, -0.05) is 30.3 Å². The van der Waals surface area contributed by atoms with Gasteiger partial charge in [-0.05, 0) is 31.2 Å². The number of likely N-dealkylation sites (tertiary alicyclic amines) is 1. The Morgan fingerprint density at radius 3 is 2.14 bits per heavy atom. The first-order valence-corrected chi connectivity index (χ1v) is 12.3. The Balaban J connectivity index is 1.43. The number of nitrogens with one attached hydrogen (secondary N) is 1. The molecule has 2 saturated heterocycles. The number of carbonyl (C=O) groups excluding carboxylic acids is 2. The average Bonchev–Trinajstić information content (AvgIpc) is 3.54. The lowest BCUT2D eigenvalue weighted by Crippen LogP contribution is -2.51. The Hall–Kier alpha value is -1.93. The summed E-state index contributed by atoms with van der Waals surface area (Å²) in [5.74, 6) is 0.298. The van der Waals surface area contributed by atoms with Crippen molar-refractivity contribution in [3.63, 3.8) is 0 Å². The van der Waals surface area contributed by atoms with Gasteiger partial charge in [0.25, 0.3) is 0 Å². The molecule has 1 aliphatic carbocycles. The molecule has 3 aliphatic rings. The fourth-order valence-corrected chi connectivity index (χ4v) is 5.44. The number of nitrogens with zero attached hydrogens (tertiary/aromatic N) is 2. The highest BCUT2D eigenvalue weighted by molar-refractivity contribution is 7.91. The van der Waals surface area contributed by atoms with Gasteiger partial charge in [-0.2, -0.15) is 0 Å². The molecule has 1 unspecified atom stereocenters. The monoisotopic (exact) mass is 419 g/mol. The lowest BCUT2D eigenvalue weighted by molar-refractivity contribution is -0.140. The molecule has 0 spiro atoms. The molecule has 1 saturated carbocycles. The fraction of sp³-hybridized carbons (Fsp3) is 0.619. The summed E-state index contributed by atoms with van der Waals surface area (Å²) in [5.41, 5.74) is 0.894. The Kier molecular flexibility index (Phi) is 5.92. The number of piperidine rings is 1. The third-order valence-corrected chi connectivity index (χ3v) is 7.80. The minimum atomic E-state index is -3.01. The predicted octanol–water partition coefficient (Wildman–Crippen LogP) is 0.975. The molecule has 158 valence electrons. The molecule has 0 radical (unpaired) electrons. The summed E-state index contributed by atoms with van der Waals surface area (Å²) in [7, 11) is -3.01. The second-order valence-corrected chi connectivity index (χ2v) is 10.7. The molecular formula is C21H29N3O4S. The van der Waals surface area contributed by atoms with Crippen molar-refractivity contribution < 1.29 is 18.0 Å². The van der Waals surface area contributed by atoms with Gasteiger partial charge in [0.1, 0.15) is 6.04 Å². The number of sulfone groups is 1. The van der Waals surface area contributed by atoms with Crippen LogP contribution in [0.1, 0.15) is 37.3 Å². The molecule has 3 fully saturated rings. The van der Waals surface area contributed by atoms with Crippen LogP contribution >= 0.6 is 0 Å². The van der Waals surface area contributed by atoms with Crippen molar-refractivity contribution in [3.05, 3.63) is 35.9 Å². The standard InChI is InChI=1S/C21H29N3O4S/c25-20(22-18-6-7-18)17-8-10-24(11-9-17)21(26)19(16-4-2-1-3-5-16)23-12-14-29(27,28)15-13-23/h1-5,17-19H,6-15H2,(H,22,25). The van der Waals surface area contributed by atoms with E-state index in [9.17, 15) is 18.0 Å². The van der Waals surface area contributed by atoms with Crippen LogP contribution in [-0.4, -0.2) is 73.8 Å². The maximum atomic E-state index is 13.5. The largest absolute Gasteiger partial charge is 0.353 e. The Bertz CT molecular complexity index is 832. The maximum Gasteiger partial charge on any atom is 0.244 e. The third-order valence-electron chi connectivity index (χ3n) is 6.19. The van der Waals surface area contributed by atoms with E-state index < -0.39 is 15.9 Å². The molecule has 29 heavy (non-hydrogen) atoms. The topological polar surface area (TPSA) is 86.8 Å². The van der Waals surface area contributed by atoms with Crippen LogP contribution in [0.3, 0.4) is 0 Å². The molecule has 1 aromatic rings. The van der Waals surface area contributed by atoms with Crippen molar-refractivity contribution in [1.29, 1.82) is 0 Å². The summed E-state index contributed by atoms with van der Waals surface area (Å²) in [6, 6.07) is 9.48. The van der Waals surface area contributed by atoms with Crippen LogP contribution in [0, 0.1) is 5.92 Å². The molecular weight excluding hydrogens is 390 g/mol. The SMILES string of the molecule is O=C(NC1CC1)C1CCN(C(=O)C(c2ccccc2)N2CCS(=O)(=O)CC2)CC1. The molecule has 8 heteroatoms. The van der Waals surface area contributed by atoms with Crippen molar-refractivity contribution in [2.24, 2.45) is 5.92 Å². The van der Waals surface area contributed by atoms with Gasteiger partial charge in [-0.3, -0.25) is 14.5 Å². The minimum Gasteiger partial charge on any atom is -0.353 e. The van der Waals surface area contributed by atoms with E-state index in [1.807, 2.05) is 40.1 Å². The lowest BCUT2D eigenvalue weighted by atomic mass is 9.94. The van der Waals surface area contributed by atoms with Gasteiger partial charge in [-0.25, -0.2) is 8.42 Å². The summed E-state index contributed by atoms with van der Waals surface area (Å²) in [6.07, 6.45) is 3.52. The Morgan fingerprint density at radius 2 is 1.55 bits per heavy atom. The minimum absolute atomic E-state index is 0.0107. The number of hydrogen-bond donors (Lipinski definition) is 1. The number of rotatable bonds is 5. The van der Waals surface area contributed by atoms with Crippen molar-refractivity contribution in [2.45, 2.75) is 37.8 Å². The second kappa shape index (κ2) is 8.44. The molecule has 7 nitrogen and oxygen atoms in total. The van der Waals surface area contributed by atoms with Gasteiger partial charge < -0.3 is 10.2 Å². The van der Waals surface area contributed by atoms with Crippen molar-refractivity contribution >= 4 is 21.7 Å². The predicted molar refractivity (Wildman–Crippen MR) is 110 cm³/mol. The summed E-state index contributed by atoms with van der Waals surface area (Å²) in [4.78, 5) is 29.6. The van der Waals surface area contributed by atoms with Crippen molar-refractivity contribution in [1.82, 2.24) is 15.1 Å². The zero-order chi connectivity index (χ0) is 20.4. The molecule has 2 amide bonds. The highest BCUT2D eigenvalue weighted by atomic mass is 32.2. The lowest BCUT2D eigenvalue weighted by Gasteiger charge is -2.39. The Morgan fingerprint density at radius 1 is 0.931 bits per heavy atom. The molecule has 1 N–H and O–H groups in total. The van der Waals surface area contributed by atoms with E-state index in [-0.39, 0.29) is 29.2 Å². The van der Waals surface area contributed by atoms with E-state index in [0.717, 1.165) is 18.4 Å². The summed E-state index contributed by atoms with van der Waals surface area (Å²) in [6.45, 7) is 1.87. The van der Waals surface area contributed by atoms with Gasteiger partial charge in [0.05, 0.1) is 11.5 Å². The van der Waals surface area contributed by atoms with Crippen LogP contribution in [0.2, 0.25) is 0 Å². The van der Waals surface area contributed by atoms with E-state index in [2.05, 4.69) is 5.32 Å². The highest BCUT2D eigenvalue weighted by Crippen LogP contribution is 2.28. The molecule has 0 bridgehead atoms. The van der Waals surface area contributed by atoms with Gasteiger partial charge in [0.15, 0.2) is 9.84 Å². The zero-order valence-corrected chi connectivity index (χ0v) is 17.4. The normalized spacial score (nSPS) is 24.1. The van der Waals surface area contributed by atoms with Crippen LogP contribution in [0.25, 0.3) is 0 Å². The van der Waals surface area contributed by atoms with Crippen LogP contribution < -0.4 is 5.32 Å². The number of amides is 2. The molecule has 2 heterocycles. The summed E-state index contributed by atoms with van der Waals surface area (Å²) >= 11 is 0. The Labute approximate surface area is 172 Å². The van der Waals surface area contributed by atoms with Gasteiger partial charge in [-0.15, -0.1) is 0 Å². The van der Waals surface area contributed by atoms with Gasteiger partial charge >= 0.3 is 0 Å². The first-order chi connectivity index (χ1) is 13.9. The average molecular weight is 420 g/mol. The first kappa shape index (κ1) is 20.3. The zero-order valence-electron chi connectivity index (χ0n) is 16.6. The number of hydrogen-bond acceptors (Lipinski definition) is 5. The van der Waals surface area contributed by atoms with E-state index >= 15 is 0 Å². The van der Waals surface area contributed by atoms with E-state index in [0.29, 0.717) is 45.1 Å². The van der Waals surface area contributed by atoms with Crippen molar-refractivity contribution in [3.8, 4) is 0 Å². The van der Waals surface area contributed by atoms with E-state index in [4.69, 9.17) is 0 Å². The first-order valence-electron chi connectivity index (χ1n) is 10.5. The van der Waals surface area contributed by atoms with E-state index in [1.54, 1.807) is 0 Å². The number of carbonyl (C=O) groups is 2. The molecule has 4 rings (SSSR count). The van der Waals surface area contributed by atoms with Crippen LogP contribution in [0.5, 0.6) is 0 Å². The second-order valence-electron chi connectivity index (χ2n) is 8.38. The van der Waals surface area contributed by atoms with Gasteiger partial charge in [0, 0.05) is 38.1 Å². The van der Waals surface area contributed by atoms with Crippen LogP contribution in [0.15, 0.2) is 30.3 Å². The highest BCUT2D eigenvalue weighted by Gasteiger charge is 2.37. The quantitative estimate of drug-likeness (QED) is 0.769. The molecule has 2 aliphatic heterocycles. The maximum absolute atomic E-state index is 13.5. The molecule has 1 atom stereocenters.